The summed E-state index contributed by atoms with van der Waals surface area (Å²) in [6.45, 7) is 0. The number of hydrogen-bond donors (Lipinski definition) is 1. The summed E-state index contributed by atoms with van der Waals surface area (Å²) in [4.78, 5) is 56.5. The van der Waals surface area contributed by atoms with Crippen molar-refractivity contribution in [2.45, 2.75) is 17.5 Å². The predicted octanol–water partition coefficient (Wildman–Crippen LogP) is 6.88. The van der Waals surface area contributed by atoms with Gasteiger partial charge in [-0.05, 0) is 59.2 Å². The van der Waals surface area contributed by atoms with Crippen LogP contribution in [0, 0.1) is 16.0 Å². The first kappa shape index (κ1) is 27.1. The minimum Gasteiger partial charge on any atom is -0.358 e. The van der Waals surface area contributed by atoms with Gasteiger partial charge in [0.05, 0.1) is 21.9 Å². The molecule has 3 aliphatic rings. The van der Waals surface area contributed by atoms with E-state index < -0.39 is 45.8 Å². The van der Waals surface area contributed by atoms with E-state index in [1.165, 1.54) is 36.4 Å². The fourth-order valence-electron chi connectivity index (χ4n) is 6.94. The summed E-state index contributed by atoms with van der Waals surface area (Å²) in [5.74, 6) is -2.60. The van der Waals surface area contributed by atoms with Gasteiger partial charge in [0.2, 0.25) is 5.91 Å². The highest BCUT2D eigenvalue weighted by molar-refractivity contribution is 6.37. The molecule has 43 heavy (non-hydrogen) atoms. The molecule has 4 atom stereocenters. The first-order chi connectivity index (χ1) is 20.7. The van der Waals surface area contributed by atoms with Gasteiger partial charge < -0.3 is 10.2 Å². The largest absolute Gasteiger partial charge is 0.358 e. The molecule has 7 rings (SSSR count). The molecule has 0 aromatic heterocycles. The molecule has 0 bridgehead atoms. The summed E-state index contributed by atoms with van der Waals surface area (Å²) in [6.07, 6.45) is 3.62. The van der Waals surface area contributed by atoms with E-state index in [4.69, 9.17) is 23.2 Å². The van der Waals surface area contributed by atoms with Crippen molar-refractivity contribution >= 4 is 58.1 Å². The highest BCUT2D eigenvalue weighted by atomic mass is 35.5. The molecule has 0 radical (unpaired) electrons. The number of ketones is 2. The Morgan fingerprint density at radius 3 is 2.37 bits per heavy atom. The van der Waals surface area contributed by atoms with Crippen molar-refractivity contribution in [1.29, 1.82) is 0 Å². The van der Waals surface area contributed by atoms with Crippen molar-refractivity contribution in [3.63, 3.8) is 0 Å². The number of halogens is 2. The molecule has 3 aliphatic heterocycles. The van der Waals surface area contributed by atoms with E-state index in [0.29, 0.717) is 16.3 Å². The van der Waals surface area contributed by atoms with E-state index in [2.05, 4.69) is 5.32 Å². The Kier molecular flexibility index (Phi) is 6.23. The molecule has 3 heterocycles. The predicted molar refractivity (Wildman–Crippen MR) is 162 cm³/mol. The smallest absolute Gasteiger partial charge is 0.269 e. The van der Waals surface area contributed by atoms with Gasteiger partial charge in [-0.2, -0.15) is 0 Å². The Labute approximate surface area is 255 Å². The molecule has 212 valence electrons. The monoisotopic (exact) mass is 609 g/mol. The van der Waals surface area contributed by atoms with Gasteiger partial charge in [-0.15, -0.1) is 0 Å². The molecular weight excluding hydrogens is 589 g/mol. The highest BCUT2D eigenvalue weighted by Crippen LogP contribution is 2.62. The molecule has 10 heteroatoms. The number of rotatable bonds is 5. The van der Waals surface area contributed by atoms with E-state index in [-0.39, 0.29) is 21.8 Å². The molecule has 1 amide bonds. The number of carbonyl (C=O) groups is 3. The number of benzene rings is 4. The van der Waals surface area contributed by atoms with Gasteiger partial charge in [0, 0.05) is 40.2 Å². The van der Waals surface area contributed by atoms with Gasteiger partial charge in [0.1, 0.15) is 11.5 Å². The van der Waals surface area contributed by atoms with Gasteiger partial charge in [0.15, 0.2) is 11.6 Å². The normalized spacial score (nSPS) is 23.0. The fourth-order valence-corrected chi connectivity index (χ4v) is 7.44. The number of nitrogens with one attached hydrogen (secondary N) is 1. The number of nitrogens with zero attached hydrogens (tertiary/aromatic N) is 2. The summed E-state index contributed by atoms with van der Waals surface area (Å²) >= 11 is 12.7. The Hall–Kier alpha value is -4.79. The second kappa shape index (κ2) is 9.90. The van der Waals surface area contributed by atoms with Gasteiger partial charge >= 0.3 is 0 Å². The maximum absolute atomic E-state index is 14.8. The van der Waals surface area contributed by atoms with Crippen LogP contribution in [0.1, 0.15) is 43.4 Å². The van der Waals surface area contributed by atoms with E-state index >= 15 is 0 Å². The number of hydrogen-bond acceptors (Lipinski definition) is 6. The first-order valence-electron chi connectivity index (χ1n) is 13.5. The second-order valence-electron chi connectivity index (χ2n) is 10.7. The van der Waals surface area contributed by atoms with Crippen molar-refractivity contribution in [3.8, 4) is 0 Å². The number of Topliss-reactive ketones (excluding diaryl/α,β-unsaturated/α-hetero) is 2. The number of nitro benzene ring substituents is 1. The standard InChI is InChI=1S/C33H21Cl2N3O5/c34-20-11-14-23(25(35)17-20)30(40)28-27(29(39)19-9-12-21(13-10-19)38(42)43)33(24-7-3-4-8-26(24)36-32(33)41)31-22-6-2-1-5-18(22)15-16-37(28)31/h1-17,27-28,31H,(H,36,41)/t27-,28+,31+,33+/m0/s1. The minimum atomic E-state index is -1.53. The Morgan fingerprint density at radius 2 is 1.63 bits per heavy atom. The van der Waals surface area contributed by atoms with Crippen LogP contribution in [0.25, 0.3) is 6.08 Å². The molecule has 1 saturated heterocycles. The third-order valence-electron chi connectivity index (χ3n) is 8.68. The third-order valence-corrected chi connectivity index (χ3v) is 9.23. The quantitative estimate of drug-likeness (QED) is 0.150. The number of fused-ring (bicyclic) bond motifs is 6. The summed E-state index contributed by atoms with van der Waals surface area (Å²) < 4.78 is 0. The Balaban J connectivity index is 1.52. The maximum Gasteiger partial charge on any atom is 0.269 e. The van der Waals surface area contributed by atoms with Crippen LogP contribution in [0.4, 0.5) is 11.4 Å². The third kappa shape index (κ3) is 3.87. The minimum absolute atomic E-state index is 0.120. The molecule has 1 spiro atoms. The van der Waals surface area contributed by atoms with Crippen LogP contribution >= 0.6 is 23.2 Å². The van der Waals surface area contributed by atoms with Crippen LogP contribution in [0.15, 0.2) is 97.2 Å². The number of carbonyl (C=O) groups excluding carboxylic acids is 3. The number of amides is 1. The molecule has 4 aromatic carbocycles. The number of anilines is 1. The highest BCUT2D eigenvalue weighted by Gasteiger charge is 2.70. The van der Waals surface area contributed by atoms with E-state index in [1.54, 1.807) is 35.4 Å². The lowest BCUT2D eigenvalue weighted by molar-refractivity contribution is -0.384. The number of para-hydroxylation sites is 1. The Morgan fingerprint density at radius 1 is 0.907 bits per heavy atom. The number of non-ortho nitro benzene ring substituents is 1. The summed E-state index contributed by atoms with van der Waals surface area (Å²) in [7, 11) is 0. The molecule has 8 nitrogen and oxygen atoms in total. The molecular formula is C33H21Cl2N3O5. The van der Waals surface area contributed by atoms with E-state index in [1.807, 2.05) is 36.4 Å². The lowest BCUT2D eigenvalue weighted by Gasteiger charge is -2.38. The van der Waals surface area contributed by atoms with Crippen molar-refractivity contribution in [3.05, 3.63) is 145 Å². The second-order valence-corrected chi connectivity index (χ2v) is 11.6. The van der Waals surface area contributed by atoms with Gasteiger partial charge in [0.25, 0.3) is 5.69 Å². The lowest BCUT2D eigenvalue weighted by atomic mass is 9.62. The summed E-state index contributed by atoms with van der Waals surface area (Å²) in [5.41, 5.74) is 1.38. The molecule has 1 fully saturated rings. The zero-order valence-corrected chi connectivity index (χ0v) is 23.8. The number of nitro groups is 1. The molecule has 0 aliphatic carbocycles. The SMILES string of the molecule is O=C(c1ccc([N+](=O)[O-])cc1)[C@@H]1[C@H](C(=O)c2ccc(Cl)cc2Cl)N2C=Cc3ccccc3[C@@H]2[C@]12C(=O)Nc1ccccc12. The van der Waals surface area contributed by atoms with Crippen LogP contribution in [-0.4, -0.2) is 33.3 Å². The van der Waals surface area contributed by atoms with Crippen molar-refractivity contribution in [2.75, 3.05) is 5.32 Å². The fraction of sp³-hybridized carbons (Fsp3) is 0.121. The molecule has 1 N–H and O–H groups in total. The topological polar surface area (TPSA) is 110 Å². The average molecular weight is 610 g/mol. The van der Waals surface area contributed by atoms with E-state index in [0.717, 1.165) is 11.1 Å². The van der Waals surface area contributed by atoms with Gasteiger partial charge in [-0.25, -0.2) is 0 Å². The van der Waals surface area contributed by atoms with Gasteiger partial charge in [-0.3, -0.25) is 24.5 Å². The lowest BCUT2D eigenvalue weighted by Crippen LogP contribution is -2.49. The van der Waals surface area contributed by atoms with Crippen LogP contribution in [-0.2, 0) is 10.2 Å². The van der Waals surface area contributed by atoms with E-state index in [9.17, 15) is 24.5 Å². The van der Waals surface area contributed by atoms with Crippen LogP contribution in [0.2, 0.25) is 10.0 Å². The zero-order valence-electron chi connectivity index (χ0n) is 22.2. The van der Waals surface area contributed by atoms with Crippen LogP contribution in [0.5, 0.6) is 0 Å². The zero-order chi connectivity index (χ0) is 30.0. The molecule has 0 saturated carbocycles. The maximum atomic E-state index is 14.8. The Bertz CT molecular complexity index is 1910. The van der Waals surface area contributed by atoms with Crippen molar-refractivity contribution in [2.24, 2.45) is 5.92 Å². The van der Waals surface area contributed by atoms with Crippen molar-refractivity contribution in [1.82, 2.24) is 4.90 Å². The van der Waals surface area contributed by atoms with Crippen LogP contribution in [0.3, 0.4) is 0 Å². The first-order valence-corrected chi connectivity index (χ1v) is 14.2. The van der Waals surface area contributed by atoms with Crippen LogP contribution < -0.4 is 5.32 Å². The van der Waals surface area contributed by atoms with Crippen molar-refractivity contribution < 1.29 is 19.3 Å². The average Bonchev–Trinajstić information content (AvgIpc) is 3.48. The molecule has 0 unspecified atom stereocenters. The van der Waals surface area contributed by atoms with Gasteiger partial charge in [-0.1, -0.05) is 65.7 Å². The summed E-state index contributed by atoms with van der Waals surface area (Å²) in [5, 5.41) is 14.8. The summed E-state index contributed by atoms with van der Waals surface area (Å²) in [6, 6.07) is 22.6. The molecule has 4 aromatic rings.